The van der Waals surface area contributed by atoms with Crippen LogP contribution in [0.15, 0.2) is 29.9 Å². The van der Waals surface area contributed by atoms with Gasteiger partial charge in [-0.1, -0.05) is 0 Å². The minimum atomic E-state index is -4.50. The number of aromatic nitrogens is 1. The molecule has 1 atom stereocenters. The first-order chi connectivity index (χ1) is 8.39. The predicted octanol–water partition coefficient (Wildman–Crippen LogP) is 3.85. The molecule has 7 heteroatoms. The van der Waals surface area contributed by atoms with Gasteiger partial charge in [0, 0.05) is 18.0 Å². The smallest absolute Gasteiger partial charge is 0.384 e. The Morgan fingerprint density at radius 3 is 2.67 bits per heavy atom. The van der Waals surface area contributed by atoms with Gasteiger partial charge in [-0.3, -0.25) is 4.98 Å². The largest absolute Gasteiger partial charge is 0.416 e. The zero-order valence-corrected chi connectivity index (χ0v) is 11.8. The summed E-state index contributed by atoms with van der Waals surface area (Å²) in [6, 6.07) is 2.53. The summed E-state index contributed by atoms with van der Waals surface area (Å²) in [7, 11) is 0. The van der Waals surface area contributed by atoms with Gasteiger partial charge in [0.25, 0.3) is 0 Å². The molecule has 2 rings (SSSR count). The van der Waals surface area contributed by atoms with Crippen molar-refractivity contribution in [1.29, 1.82) is 0 Å². The highest BCUT2D eigenvalue weighted by molar-refractivity contribution is 14.1. The Bertz CT molecular complexity index is 555. The Morgan fingerprint density at radius 1 is 1.39 bits per heavy atom. The van der Waals surface area contributed by atoms with Crippen LogP contribution in [-0.4, -0.2) is 10.1 Å². The molecule has 2 aromatic heterocycles. The van der Waals surface area contributed by atoms with Crippen molar-refractivity contribution in [2.75, 3.05) is 0 Å². The number of alkyl halides is 3. The number of hydrogen-bond acceptors (Lipinski definition) is 3. The monoisotopic (exact) mass is 385 g/mol. The molecule has 0 fully saturated rings. The van der Waals surface area contributed by atoms with Gasteiger partial charge in [-0.15, -0.1) is 11.3 Å². The summed E-state index contributed by atoms with van der Waals surface area (Å²) < 4.78 is 39.3. The third kappa shape index (κ3) is 2.83. The van der Waals surface area contributed by atoms with Crippen molar-refractivity contribution in [3.8, 4) is 0 Å². The molecule has 0 aliphatic rings. The molecule has 0 spiro atoms. The summed E-state index contributed by atoms with van der Waals surface area (Å²) in [5, 5.41) is 11.7. The second-order valence-corrected chi connectivity index (χ2v) is 6.35. The fourth-order valence-electron chi connectivity index (χ4n) is 1.53. The summed E-state index contributed by atoms with van der Waals surface area (Å²) in [4.78, 5) is 3.65. The van der Waals surface area contributed by atoms with Crippen molar-refractivity contribution in [2.45, 2.75) is 12.3 Å². The number of nitrogens with zero attached hydrogens (tertiary/aromatic N) is 1. The average molecular weight is 385 g/mol. The van der Waals surface area contributed by atoms with Gasteiger partial charge in [-0.25, -0.2) is 0 Å². The Hall–Kier alpha value is -0.670. The second kappa shape index (κ2) is 5.14. The van der Waals surface area contributed by atoms with E-state index < -0.39 is 17.8 Å². The van der Waals surface area contributed by atoms with E-state index in [-0.39, 0.29) is 5.56 Å². The molecule has 1 unspecified atom stereocenters. The van der Waals surface area contributed by atoms with E-state index in [1.165, 1.54) is 11.3 Å². The Kier molecular flexibility index (Phi) is 3.93. The van der Waals surface area contributed by atoms with Crippen molar-refractivity contribution >= 4 is 33.9 Å². The minimum absolute atomic E-state index is 0.223. The molecule has 2 aromatic rings. The highest BCUT2D eigenvalue weighted by Crippen LogP contribution is 2.36. The van der Waals surface area contributed by atoms with E-state index in [2.05, 4.69) is 4.98 Å². The molecule has 0 saturated carbocycles. The van der Waals surface area contributed by atoms with Crippen LogP contribution in [0.1, 0.15) is 22.8 Å². The third-order valence-corrected chi connectivity index (χ3v) is 4.16. The van der Waals surface area contributed by atoms with Crippen LogP contribution in [0.25, 0.3) is 0 Å². The van der Waals surface area contributed by atoms with Crippen LogP contribution in [0.3, 0.4) is 0 Å². The van der Waals surface area contributed by atoms with Crippen molar-refractivity contribution in [3.05, 3.63) is 49.5 Å². The maximum atomic E-state index is 12.8. The fraction of sp³-hybridized carbons (Fsp3) is 0.182. The molecule has 2 nitrogen and oxygen atoms in total. The predicted molar refractivity (Wildman–Crippen MR) is 70.3 cm³/mol. The van der Waals surface area contributed by atoms with Crippen molar-refractivity contribution in [3.63, 3.8) is 0 Å². The molecule has 0 bridgehead atoms. The van der Waals surface area contributed by atoms with Gasteiger partial charge in [-0.2, -0.15) is 13.2 Å². The van der Waals surface area contributed by atoms with Gasteiger partial charge < -0.3 is 5.11 Å². The maximum absolute atomic E-state index is 12.8. The standard InChI is InChI=1S/C11H7F3INOS/c12-11(13,14)8-1-2-16-4-7(8)10(17)6-3-9(15)18-5-6/h1-5,10,17H. The molecule has 1 N–H and O–H groups in total. The first kappa shape index (κ1) is 13.8. The number of thiophene rings is 1. The fourth-order valence-corrected chi connectivity index (χ4v) is 2.92. The van der Waals surface area contributed by atoms with Crippen LogP contribution in [0.4, 0.5) is 13.2 Å². The molecular weight excluding hydrogens is 378 g/mol. The van der Waals surface area contributed by atoms with E-state index in [0.29, 0.717) is 5.56 Å². The van der Waals surface area contributed by atoms with Crippen molar-refractivity contribution in [1.82, 2.24) is 4.98 Å². The highest BCUT2D eigenvalue weighted by atomic mass is 127. The summed E-state index contributed by atoms with van der Waals surface area (Å²) in [6.45, 7) is 0. The Morgan fingerprint density at radius 2 is 2.11 bits per heavy atom. The topological polar surface area (TPSA) is 33.1 Å². The summed E-state index contributed by atoms with van der Waals surface area (Å²) in [5.74, 6) is 0. The number of halogens is 4. The lowest BCUT2D eigenvalue weighted by molar-refractivity contribution is -0.139. The lowest BCUT2D eigenvalue weighted by atomic mass is 10.0. The number of pyridine rings is 1. The first-order valence-corrected chi connectivity index (χ1v) is 6.78. The summed E-state index contributed by atoms with van der Waals surface area (Å²) in [5.41, 5.74) is -0.631. The average Bonchev–Trinajstić information content (AvgIpc) is 2.74. The molecule has 0 aliphatic heterocycles. The molecule has 0 saturated heterocycles. The number of hydrogen-bond donors (Lipinski definition) is 1. The van der Waals surface area contributed by atoms with Gasteiger partial charge >= 0.3 is 6.18 Å². The van der Waals surface area contributed by atoms with E-state index >= 15 is 0 Å². The first-order valence-electron chi connectivity index (χ1n) is 4.82. The highest BCUT2D eigenvalue weighted by Gasteiger charge is 2.35. The zero-order valence-electron chi connectivity index (χ0n) is 8.78. The molecule has 2 heterocycles. The van der Waals surface area contributed by atoms with E-state index in [4.69, 9.17) is 0 Å². The van der Waals surface area contributed by atoms with Crippen molar-refractivity contribution in [2.24, 2.45) is 0 Å². The Labute approximate surface area is 119 Å². The van der Waals surface area contributed by atoms with Gasteiger partial charge in [0.2, 0.25) is 0 Å². The summed E-state index contributed by atoms with van der Waals surface area (Å²) in [6.07, 6.45) is -3.69. The van der Waals surface area contributed by atoms with Crippen LogP contribution < -0.4 is 0 Å². The van der Waals surface area contributed by atoms with Crippen LogP contribution in [-0.2, 0) is 6.18 Å². The lowest BCUT2D eigenvalue weighted by Gasteiger charge is -2.16. The molecule has 0 aromatic carbocycles. The normalized spacial score (nSPS) is 13.6. The number of rotatable bonds is 2. The van der Waals surface area contributed by atoms with Gasteiger partial charge in [0.15, 0.2) is 0 Å². The number of aliphatic hydroxyl groups excluding tert-OH is 1. The van der Waals surface area contributed by atoms with Gasteiger partial charge in [0.05, 0.1) is 8.45 Å². The quantitative estimate of drug-likeness (QED) is 0.797. The molecule has 0 aliphatic carbocycles. The molecule has 18 heavy (non-hydrogen) atoms. The van der Waals surface area contributed by atoms with Crippen LogP contribution in [0.5, 0.6) is 0 Å². The maximum Gasteiger partial charge on any atom is 0.416 e. The third-order valence-electron chi connectivity index (χ3n) is 2.36. The molecule has 0 radical (unpaired) electrons. The SMILES string of the molecule is OC(c1csc(I)c1)c1cnccc1C(F)(F)F. The van der Waals surface area contributed by atoms with Crippen LogP contribution >= 0.6 is 33.9 Å². The van der Waals surface area contributed by atoms with E-state index in [1.807, 2.05) is 22.6 Å². The van der Waals surface area contributed by atoms with Gasteiger partial charge in [0.1, 0.15) is 6.10 Å². The molecular formula is C11H7F3INOS. The van der Waals surface area contributed by atoms with E-state index in [0.717, 1.165) is 21.3 Å². The minimum Gasteiger partial charge on any atom is -0.384 e. The lowest BCUT2D eigenvalue weighted by Crippen LogP contribution is -2.12. The summed E-state index contributed by atoms with van der Waals surface area (Å²) >= 11 is 3.41. The van der Waals surface area contributed by atoms with Gasteiger partial charge in [-0.05, 0) is 45.7 Å². The number of aliphatic hydroxyl groups is 1. The van der Waals surface area contributed by atoms with Crippen LogP contribution in [0, 0.1) is 2.88 Å². The van der Waals surface area contributed by atoms with Crippen molar-refractivity contribution < 1.29 is 18.3 Å². The Balaban J connectivity index is 2.45. The van der Waals surface area contributed by atoms with Crippen LogP contribution in [0.2, 0.25) is 0 Å². The molecule has 0 amide bonds. The second-order valence-electron chi connectivity index (χ2n) is 3.55. The zero-order chi connectivity index (χ0) is 13.3. The van der Waals surface area contributed by atoms with E-state index in [9.17, 15) is 18.3 Å². The molecule has 96 valence electrons. The van der Waals surface area contributed by atoms with E-state index in [1.54, 1.807) is 11.4 Å².